The number of amides is 1. The third kappa shape index (κ3) is 2.84. The van der Waals surface area contributed by atoms with Crippen LogP contribution >= 0.6 is 11.3 Å². The minimum absolute atomic E-state index is 0.0561. The molecule has 1 fully saturated rings. The number of nitrogens with zero attached hydrogens (tertiary/aromatic N) is 3. The number of carbonyl (C=O) groups excluding carboxylic acids is 1. The van der Waals surface area contributed by atoms with Gasteiger partial charge in [0.15, 0.2) is 0 Å². The zero-order valence-electron chi connectivity index (χ0n) is 12.4. The Kier molecular flexibility index (Phi) is 3.77. The van der Waals surface area contributed by atoms with Crippen molar-refractivity contribution in [1.82, 2.24) is 20.1 Å². The molecule has 0 aliphatic carbocycles. The zero-order valence-corrected chi connectivity index (χ0v) is 13.2. The van der Waals surface area contributed by atoms with Crippen LogP contribution in [0.4, 0.5) is 5.00 Å². The number of carbonyl (C=O) groups is 1. The second-order valence-electron chi connectivity index (χ2n) is 5.46. The lowest BCUT2D eigenvalue weighted by Gasteiger charge is -2.16. The van der Waals surface area contributed by atoms with Gasteiger partial charge in [-0.3, -0.25) is 9.48 Å². The first-order valence-corrected chi connectivity index (χ1v) is 7.80. The highest BCUT2D eigenvalue weighted by Crippen LogP contribution is 2.30. The van der Waals surface area contributed by atoms with E-state index in [4.69, 9.17) is 0 Å². The van der Waals surface area contributed by atoms with E-state index in [1.165, 1.54) is 11.3 Å². The highest BCUT2D eigenvalue weighted by atomic mass is 32.1. The molecule has 3 heterocycles. The van der Waals surface area contributed by atoms with E-state index in [2.05, 4.69) is 20.7 Å². The number of rotatable bonds is 3. The predicted octanol–water partition coefficient (Wildman–Crippen LogP) is 1.44. The summed E-state index contributed by atoms with van der Waals surface area (Å²) in [7, 11) is 1.89. The van der Waals surface area contributed by atoms with Crippen molar-refractivity contribution in [3.8, 4) is 0 Å². The van der Waals surface area contributed by atoms with E-state index in [1.807, 2.05) is 33.3 Å². The van der Waals surface area contributed by atoms with Crippen LogP contribution in [0.5, 0.6) is 0 Å². The topological polar surface area (TPSA) is 71.8 Å². The van der Waals surface area contributed by atoms with Gasteiger partial charge >= 0.3 is 0 Å². The summed E-state index contributed by atoms with van der Waals surface area (Å²) in [5.41, 5.74) is 1.99. The Morgan fingerprint density at radius 1 is 1.48 bits per heavy atom. The van der Waals surface area contributed by atoms with Gasteiger partial charge in [0, 0.05) is 32.3 Å². The number of hydrogen-bond donors (Lipinski definition) is 2. The summed E-state index contributed by atoms with van der Waals surface area (Å²) < 4.78 is 1.78. The molecule has 6 nitrogen and oxygen atoms in total. The van der Waals surface area contributed by atoms with Crippen molar-refractivity contribution in [2.75, 3.05) is 18.4 Å². The molecule has 3 rings (SSSR count). The van der Waals surface area contributed by atoms with E-state index >= 15 is 0 Å². The largest absolute Gasteiger partial charge is 0.316 e. The number of hydrogen-bond acceptors (Lipinski definition) is 5. The summed E-state index contributed by atoms with van der Waals surface area (Å²) >= 11 is 1.52. The number of aryl methyl sites for hydroxylation is 3. The lowest BCUT2D eigenvalue weighted by molar-refractivity contribution is -0.119. The maximum Gasteiger partial charge on any atom is 0.230 e. The van der Waals surface area contributed by atoms with E-state index < -0.39 is 0 Å². The first kappa shape index (κ1) is 14.2. The molecule has 0 unspecified atom stereocenters. The fourth-order valence-electron chi connectivity index (χ4n) is 2.79. The fourth-order valence-corrected chi connectivity index (χ4v) is 3.61. The molecule has 2 atom stereocenters. The lowest BCUT2D eigenvalue weighted by atomic mass is 9.90. The van der Waals surface area contributed by atoms with Gasteiger partial charge in [-0.25, -0.2) is 4.98 Å². The van der Waals surface area contributed by atoms with Crippen LogP contribution < -0.4 is 10.6 Å². The van der Waals surface area contributed by atoms with Crippen LogP contribution in [0, 0.1) is 19.8 Å². The molecule has 112 valence electrons. The minimum Gasteiger partial charge on any atom is -0.316 e. The highest BCUT2D eigenvalue weighted by molar-refractivity contribution is 7.16. The van der Waals surface area contributed by atoms with Crippen LogP contribution in [0.15, 0.2) is 12.4 Å². The summed E-state index contributed by atoms with van der Waals surface area (Å²) in [6, 6.07) is 0. The summed E-state index contributed by atoms with van der Waals surface area (Å²) in [5, 5.41) is 12.4. The molecule has 2 aromatic heterocycles. The lowest BCUT2D eigenvalue weighted by Crippen LogP contribution is -2.27. The average Bonchev–Trinajstić information content (AvgIpc) is 3.10. The van der Waals surface area contributed by atoms with E-state index in [0.29, 0.717) is 6.54 Å². The maximum absolute atomic E-state index is 12.6. The molecule has 7 heteroatoms. The van der Waals surface area contributed by atoms with E-state index in [1.54, 1.807) is 4.68 Å². The highest BCUT2D eigenvalue weighted by Gasteiger charge is 2.35. The Morgan fingerprint density at radius 3 is 2.90 bits per heavy atom. The SMILES string of the molecule is Cc1nc(C)c(NC(=O)[C@H]2CNC[C@@H]2c2cnn(C)c2)s1. The van der Waals surface area contributed by atoms with Crippen LogP contribution in [0.1, 0.15) is 22.2 Å². The summed E-state index contributed by atoms with van der Waals surface area (Å²) in [4.78, 5) is 16.9. The normalized spacial score (nSPS) is 21.7. The van der Waals surface area contributed by atoms with Crippen LogP contribution in [0.3, 0.4) is 0 Å². The van der Waals surface area contributed by atoms with Crippen molar-refractivity contribution in [1.29, 1.82) is 0 Å². The molecule has 0 radical (unpaired) electrons. The predicted molar refractivity (Wildman–Crippen MR) is 82.5 cm³/mol. The van der Waals surface area contributed by atoms with Gasteiger partial charge in [-0.15, -0.1) is 11.3 Å². The van der Waals surface area contributed by atoms with Gasteiger partial charge in [0.25, 0.3) is 0 Å². The Morgan fingerprint density at radius 2 is 2.29 bits per heavy atom. The zero-order chi connectivity index (χ0) is 15.0. The number of thiazole rings is 1. The summed E-state index contributed by atoms with van der Waals surface area (Å²) in [5.74, 6) is 0.157. The van der Waals surface area contributed by atoms with Crippen molar-refractivity contribution in [2.45, 2.75) is 19.8 Å². The summed E-state index contributed by atoms with van der Waals surface area (Å²) in [6.07, 6.45) is 3.83. The number of anilines is 1. The third-order valence-corrected chi connectivity index (χ3v) is 4.83. The third-order valence-electron chi connectivity index (χ3n) is 3.84. The Labute approximate surface area is 127 Å². The van der Waals surface area contributed by atoms with Crippen LogP contribution in [-0.2, 0) is 11.8 Å². The molecule has 0 saturated carbocycles. The minimum atomic E-state index is -0.0731. The Bertz CT molecular complexity index is 662. The van der Waals surface area contributed by atoms with Gasteiger partial charge in [0.2, 0.25) is 5.91 Å². The Balaban J connectivity index is 1.75. The van der Waals surface area contributed by atoms with Crippen LogP contribution in [0.2, 0.25) is 0 Å². The number of aromatic nitrogens is 3. The van der Waals surface area contributed by atoms with Crippen molar-refractivity contribution < 1.29 is 4.79 Å². The molecule has 0 spiro atoms. The monoisotopic (exact) mass is 305 g/mol. The molecule has 2 aromatic rings. The van der Waals surface area contributed by atoms with E-state index in [9.17, 15) is 4.79 Å². The van der Waals surface area contributed by atoms with Crippen molar-refractivity contribution in [3.05, 3.63) is 28.7 Å². The molecule has 1 saturated heterocycles. The number of nitrogens with one attached hydrogen (secondary N) is 2. The first-order valence-electron chi connectivity index (χ1n) is 6.98. The van der Waals surface area contributed by atoms with Crippen LogP contribution in [0.25, 0.3) is 0 Å². The van der Waals surface area contributed by atoms with Gasteiger partial charge in [-0.1, -0.05) is 0 Å². The fraction of sp³-hybridized carbons (Fsp3) is 0.500. The van der Waals surface area contributed by atoms with Crippen molar-refractivity contribution in [3.63, 3.8) is 0 Å². The maximum atomic E-state index is 12.6. The molecular weight excluding hydrogens is 286 g/mol. The van der Waals surface area contributed by atoms with Crippen molar-refractivity contribution in [2.24, 2.45) is 13.0 Å². The van der Waals surface area contributed by atoms with E-state index in [0.717, 1.165) is 27.8 Å². The molecule has 1 aliphatic rings. The smallest absolute Gasteiger partial charge is 0.230 e. The van der Waals surface area contributed by atoms with Gasteiger partial charge in [-0.2, -0.15) is 5.10 Å². The summed E-state index contributed by atoms with van der Waals surface area (Å²) in [6.45, 7) is 5.38. The van der Waals surface area contributed by atoms with Gasteiger partial charge in [-0.05, 0) is 19.4 Å². The second kappa shape index (κ2) is 5.57. The second-order valence-corrected chi connectivity index (χ2v) is 6.66. The van der Waals surface area contributed by atoms with Crippen LogP contribution in [-0.4, -0.2) is 33.8 Å². The van der Waals surface area contributed by atoms with Gasteiger partial charge in [0.05, 0.1) is 22.8 Å². The quantitative estimate of drug-likeness (QED) is 0.900. The average molecular weight is 305 g/mol. The van der Waals surface area contributed by atoms with E-state index in [-0.39, 0.29) is 17.7 Å². The molecular formula is C14H19N5OS. The van der Waals surface area contributed by atoms with Gasteiger partial charge in [0.1, 0.15) is 5.00 Å². The van der Waals surface area contributed by atoms with Gasteiger partial charge < -0.3 is 10.6 Å². The molecule has 1 aliphatic heterocycles. The van der Waals surface area contributed by atoms with Crippen molar-refractivity contribution >= 4 is 22.2 Å². The Hall–Kier alpha value is -1.73. The molecule has 21 heavy (non-hydrogen) atoms. The standard InChI is InChI=1S/C14H19N5OS/c1-8-14(21-9(2)17-8)18-13(20)12-6-15-5-11(12)10-4-16-19(3)7-10/h4,7,11-12,15H,5-6H2,1-3H3,(H,18,20)/t11-,12+/m1/s1. The molecule has 0 aromatic carbocycles. The molecule has 0 bridgehead atoms. The molecule has 2 N–H and O–H groups in total. The molecule has 1 amide bonds. The first-order chi connectivity index (χ1) is 10.0.